The molecule has 0 aromatic heterocycles. The zero-order valence-corrected chi connectivity index (χ0v) is 7.71. The number of carbonyl (C=O) groups excluding carboxylic acids is 1. The molecular formula is C7H4Cl2OS. The van der Waals surface area contributed by atoms with E-state index in [4.69, 9.17) is 22.3 Å². The third-order valence-corrected chi connectivity index (χ3v) is 2.20. The van der Waals surface area contributed by atoms with Crippen LogP contribution in [0.15, 0.2) is 24.3 Å². The molecule has 0 spiro atoms. The van der Waals surface area contributed by atoms with Gasteiger partial charge in [-0.15, -0.1) is 0 Å². The molecule has 0 aliphatic rings. The number of carbonyl (C=O) groups is 1. The Bertz CT molecular complexity index is 258. The molecule has 0 unspecified atom stereocenters. The van der Waals surface area contributed by atoms with Crippen LogP contribution in [0.5, 0.6) is 0 Å². The van der Waals surface area contributed by atoms with Crippen LogP contribution in [-0.2, 0) is 0 Å². The maximum absolute atomic E-state index is 10.9. The van der Waals surface area contributed by atoms with Crippen LogP contribution in [0.3, 0.4) is 0 Å². The van der Waals surface area contributed by atoms with Crippen molar-refractivity contribution in [3.05, 3.63) is 34.9 Å². The lowest BCUT2D eigenvalue weighted by atomic mass is 10.2. The molecule has 0 aliphatic heterocycles. The smallest absolute Gasteiger partial charge is 0.234 e. The van der Waals surface area contributed by atoms with Gasteiger partial charge in [-0.2, -0.15) is 0 Å². The lowest BCUT2D eigenvalue weighted by molar-refractivity contribution is 0.109. The topological polar surface area (TPSA) is 17.1 Å². The molecule has 1 nitrogen and oxygen atoms in total. The Balaban J connectivity index is 2.90. The van der Waals surface area contributed by atoms with Crippen LogP contribution in [-0.4, -0.2) is 5.12 Å². The van der Waals surface area contributed by atoms with Gasteiger partial charge >= 0.3 is 0 Å². The highest BCUT2D eigenvalue weighted by molar-refractivity contribution is 8.33. The van der Waals surface area contributed by atoms with Crippen LogP contribution in [0.25, 0.3) is 0 Å². The zero-order valence-electron chi connectivity index (χ0n) is 5.38. The average molecular weight is 207 g/mol. The first-order valence-electron chi connectivity index (χ1n) is 2.82. The second-order valence-corrected chi connectivity index (χ2v) is 3.30. The van der Waals surface area contributed by atoms with Crippen molar-refractivity contribution in [2.24, 2.45) is 0 Å². The quantitative estimate of drug-likeness (QED) is 0.702. The minimum absolute atomic E-state index is 0.164. The van der Waals surface area contributed by atoms with Crippen molar-refractivity contribution < 1.29 is 4.79 Å². The summed E-state index contributed by atoms with van der Waals surface area (Å²) in [5.41, 5.74) is 0.564. The van der Waals surface area contributed by atoms with Gasteiger partial charge in [0.05, 0.1) is 0 Å². The fraction of sp³-hybridized carbons (Fsp3) is 0. The van der Waals surface area contributed by atoms with Crippen molar-refractivity contribution in [3.63, 3.8) is 0 Å². The fourth-order valence-corrected chi connectivity index (χ4v) is 1.25. The number of rotatable bonds is 1. The normalized spacial score (nSPS) is 9.64. The van der Waals surface area contributed by atoms with E-state index in [-0.39, 0.29) is 5.12 Å². The van der Waals surface area contributed by atoms with E-state index in [0.29, 0.717) is 21.6 Å². The molecule has 0 bridgehead atoms. The predicted molar refractivity (Wildman–Crippen MR) is 49.2 cm³/mol. The van der Waals surface area contributed by atoms with Crippen molar-refractivity contribution in [2.45, 2.75) is 0 Å². The van der Waals surface area contributed by atoms with Gasteiger partial charge in [-0.3, -0.25) is 4.79 Å². The first-order chi connectivity index (χ1) is 5.24. The molecule has 0 radical (unpaired) electrons. The average Bonchev–Trinajstić information content (AvgIpc) is 2.05. The summed E-state index contributed by atoms with van der Waals surface area (Å²) < 4.78 is 0. The molecular weight excluding hydrogens is 203 g/mol. The molecule has 0 amide bonds. The van der Waals surface area contributed by atoms with Gasteiger partial charge in [0, 0.05) is 21.6 Å². The Morgan fingerprint density at radius 1 is 1.27 bits per heavy atom. The van der Waals surface area contributed by atoms with E-state index < -0.39 is 0 Å². The molecule has 1 aromatic carbocycles. The van der Waals surface area contributed by atoms with E-state index in [9.17, 15) is 4.79 Å². The fourth-order valence-electron chi connectivity index (χ4n) is 0.631. The second kappa shape index (κ2) is 4.00. The molecule has 58 valence electrons. The van der Waals surface area contributed by atoms with Crippen molar-refractivity contribution >= 4 is 38.4 Å². The molecule has 4 heteroatoms. The monoisotopic (exact) mass is 206 g/mol. The summed E-state index contributed by atoms with van der Waals surface area (Å²) in [7, 11) is 5.93. The van der Waals surface area contributed by atoms with Crippen molar-refractivity contribution in [2.75, 3.05) is 0 Å². The Hall–Kier alpha value is -0.180. The lowest BCUT2D eigenvalue weighted by Crippen LogP contribution is -1.88. The Morgan fingerprint density at radius 3 is 2.27 bits per heavy atom. The van der Waals surface area contributed by atoms with Crippen molar-refractivity contribution in [1.82, 2.24) is 0 Å². The van der Waals surface area contributed by atoms with Gasteiger partial charge in [-0.05, 0) is 34.9 Å². The summed E-state index contributed by atoms with van der Waals surface area (Å²) >= 11 is 5.61. The second-order valence-electron chi connectivity index (χ2n) is 1.87. The molecule has 0 aliphatic carbocycles. The zero-order chi connectivity index (χ0) is 8.27. The molecule has 0 saturated heterocycles. The van der Waals surface area contributed by atoms with E-state index >= 15 is 0 Å². The largest absolute Gasteiger partial charge is 0.280 e. The molecule has 11 heavy (non-hydrogen) atoms. The maximum Gasteiger partial charge on any atom is 0.234 e. The number of benzene rings is 1. The SMILES string of the molecule is O=C(SCl)c1ccc(Cl)cc1. The van der Waals surface area contributed by atoms with Crippen LogP contribution in [0.1, 0.15) is 10.4 Å². The van der Waals surface area contributed by atoms with E-state index in [1.54, 1.807) is 24.3 Å². The Kier molecular flexibility index (Phi) is 3.24. The number of hydrogen-bond acceptors (Lipinski definition) is 2. The molecule has 0 saturated carbocycles. The Morgan fingerprint density at radius 2 is 1.82 bits per heavy atom. The summed E-state index contributed by atoms with van der Waals surface area (Å²) in [4.78, 5) is 10.9. The van der Waals surface area contributed by atoms with Gasteiger partial charge in [0.25, 0.3) is 0 Å². The standard InChI is InChI=1S/C7H4Cl2OS/c8-6-3-1-5(2-4-6)7(10)11-9/h1-4H. The molecule has 1 aromatic rings. The van der Waals surface area contributed by atoms with E-state index in [0.717, 1.165) is 0 Å². The van der Waals surface area contributed by atoms with Crippen molar-refractivity contribution in [3.8, 4) is 0 Å². The third kappa shape index (κ3) is 2.40. The highest BCUT2D eigenvalue weighted by Gasteiger charge is 2.03. The molecule has 1 rings (SSSR count). The van der Waals surface area contributed by atoms with E-state index in [1.807, 2.05) is 0 Å². The highest BCUT2D eigenvalue weighted by atomic mass is 35.7. The van der Waals surface area contributed by atoms with Crippen LogP contribution in [0.4, 0.5) is 0 Å². The minimum atomic E-state index is -0.164. The molecule has 0 atom stereocenters. The van der Waals surface area contributed by atoms with E-state index in [2.05, 4.69) is 0 Å². The first kappa shape index (κ1) is 8.91. The molecule has 0 fully saturated rings. The summed E-state index contributed by atoms with van der Waals surface area (Å²) in [6, 6.07) is 6.59. The molecule has 0 heterocycles. The summed E-state index contributed by atoms with van der Waals surface area (Å²) in [5.74, 6) is 0. The van der Waals surface area contributed by atoms with Crippen LogP contribution >= 0.6 is 33.3 Å². The maximum atomic E-state index is 10.9. The summed E-state index contributed by atoms with van der Waals surface area (Å²) in [6.07, 6.45) is 0. The first-order valence-corrected chi connectivity index (χ1v) is 4.84. The summed E-state index contributed by atoms with van der Waals surface area (Å²) in [6.45, 7) is 0. The van der Waals surface area contributed by atoms with Crippen molar-refractivity contribution in [1.29, 1.82) is 0 Å². The lowest BCUT2D eigenvalue weighted by Gasteiger charge is -1.94. The number of halogens is 2. The summed E-state index contributed by atoms with van der Waals surface area (Å²) in [5, 5.41) is 0.449. The predicted octanol–water partition coefficient (Wildman–Crippen LogP) is 3.37. The van der Waals surface area contributed by atoms with Crippen LogP contribution in [0, 0.1) is 0 Å². The van der Waals surface area contributed by atoms with Gasteiger partial charge < -0.3 is 0 Å². The highest BCUT2D eigenvalue weighted by Crippen LogP contribution is 2.17. The van der Waals surface area contributed by atoms with Gasteiger partial charge in [0.2, 0.25) is 5.12 Å². The Labute approximate surface area is 78.2 Å². The third-order valence-electron chi connectivity index (χ3n) is 1.15. The minimum Gasteiger partial charge on any atom is -0.280 e. The van der Waals surface area contributed by atoms with E-state index in [1.165, 1.54) is 0 Å². The van der Waals surface area contributed by atoms with Crippen LogP contribution in [0.2, 0.25) is 5.02 Å². The van der Waals surface area contributed by atoms with Crippen LogP contribution < -0.4 is 0 Å². The van der Waals surface area contributed by atoms with Gasteiger partial charge in [-0.1, -0.05) is 11.6 Å². The number of hydrogen-bond donors (Lipinski definition) is 0. The molecule has 0 N–H and O–H groups in total. The van der Waals surface area contributed by atoms with Gasteiger partial charge in [0.1, 0.15) is 0 Å². The van der Waals surface area contributed by atoms with Gasteiger partial charge in [0.15, 0.2) is 0 Å². The van der Waals surface area contributed by atoms with Gasteiger partial charge in [-0.25, -0.2) is 0 Å².